The number of ether oxygens (including phenoxy) is 1. The van der Waals surface area contributed by atoms with Crippen LogP contribution >= 0.6 is 11.6 Å². The highest BCUT2D eigenvalue weighted by atomic mass is 35.5. The molecular weight excluding hydrogens is 250 g/mol. The van der Waals surface area contributed by atoms with E-state index in [1.165, 1.54) is 0 Å². The molecule has 4 heteroatoms. The van der Waals surface area contributed by atoms with Crippen LogP contribution in [-0.4, -0.2) is 17.6 Å². The summed E-state index contributed by atoms with van der Waals surface area (Å²) in [6, 6.07) is 7.12. The molecule has 0 spiro atoms. The Kier molecular flexibility index (Phi) is 5.03. The minimum absolute atomic E-state index is 0.137. The van der Waals surface area contributed by atoms with E-state index < -0.39 is 6.10 Å². The van der Waals surface area contributed by atoms with Crippen LogP contribution in [0.5, 0.6) is 5.75 Å². The van der Waals surface area contributed by atoms with Crippen molar-refractivity contribution in [2.75, 3.05) is 0 Å². The van der Waals surface area contributed by atoms with Gasteiger partial charge in [0.1, 0.15) is 5.75 Å². The lowest BCUT2D eigenvalue weighted by Crippen LogP contribution is -2.48. The molecule has 1 aromatic rings. The number of halogens is 1. The highest BCUT2D eigenvalue weighted by molar-refractivity contribution is 6.32. The molecule has 100 valence electrons. The maximum atomic E-state index is 12.0. The van der Waals surface area contributed by atoms with Crippen LogP contribution in [0.3, 0.4) is 0 Å². The van der Waals surface area contributed by atoms with Gasteiger partial charge in [-0.15, -0.1) is 0 Å². The molecule has 1 N–H and O–H groups in total. The summed E-state index contributed by atoms with van der Waals surface area (Å²) in [5.41, 5.74) is -0.227. The van der Waals surface area contributed by atoms with Gasteiger partial charge in [0.25, 0.3) is 5.91 Å². The van der Waals surface area contributed by atoms with E-state index in [4.69, 9.17) is 16.3 Å². The van der Waals surface area contributed by atoms with Crippen LogP contribution in [0.1, 0.15) is 34.1 Å². The van der Waals surface area contributed by atoms with Gasteiger partial charge >= 0.3 is 0 Å². The minimum atomic E-state index is -0.573. The molecule has 0 saturated heterocycles. The first-order chi connectivity index (χ1) is 8.35. The predicted octanol–water partition coefficient (Wildman–Crippen LogP) is 3.41. The first kappa shape index (κ1) is 14.8. The Hall–Kier alpha value is -1.22. The monoisotopic (exact) mass is 269 g/mol. The first-order valence-electron chi connectivity index (χ1n) is 6.09. The highest BCUT2D eigenvalue weighted by Crippen LogP contribution is 2.24. The number of para-hydroxylation sites is 1. The Morgan fingerprint density at radius 3 is 2.61 bits per heavy atom. The fourth-order valence-corrected chi connectivity index (χ4v) is 1.49. The van der Waals surface area contributed by atoms with E-state index >= 15 is 0 Å². The van der Waals surface area contributed by atoms with E-state index in [0.717, 1.165) is 6.42 Å². The molecule has 18 heavy (non-hydrogen) atoms. The van der Waals surface area contributed by atoms with Crippen LogP contribution in [0.15, 0.2) is 24.3 Å². The fraction of sp³-hybridized carbons (Fsp3) is 0.500. The molecule has 1 unspecified atom stereocenters. The second-order valence-corrected chi connectivity index (χ2v) is 5.32. The van der Waals surface area contributed by atoms with Gasteiger partial charge in [0, 0.05) is 5.54 Å². The average Bonchev–Trinajstić information content (AvgIpc) is 2.31. The summed E-state index contributed by atoms with van der Waals surface area (Å²) in [7, 11) is 0. The second-order valence-electron chi connectivity index (χ2n) is 4.92. The normalized spacial score (nSPS) is 12.9. The van der Waals surface area contributed by atoms with Crippen molar-refractivity contribution in [3.8, 4) is 5.75 Å². The Labute approximate surface area is 113 Å². The maximum absolute atomic E-state index is 12.0. The summed E-state index contributed by atoms with van der Waals surface area (Å²) in [6.07, 6.45) is 0.285. The molecule has 3 nitrogen and oxygen atoms in total. The zero-order valence-electron chi connectivity index (χ0n) is 11.3. The fourth-order valence-electron chi connectivity index (χ4n) is 1.31. The van der Waals surface area contributed by atoms with Gasteiger partial charge in [0.15, 0.2) is 6.10 Å². The number of hydrogen-bond acceptors (Lipinski definition) is 2. The van der Waals surface area contributed by atoms with Crippen molar-refractivity contribution in [3.05, 3.63) is 29.3 Å². The number of nitrogens with one attached hydrogen (secondary N) is 1. The molecule has 1 aromatic carbocycles. The summed E-state index contributed by atoms with van der Waals surface area (Å²) in [6.45, 7) is 7.70. The lowest BCUT2D eigenvalue weighted by Gasteiger charge is -2.26. The Morgan fingerprint density at radius 1 is 1.44 bits per heavy atom. The minimum Gasteiger partial charge on any atom is -0.479 e. The molecule has 1 atom stereocenters. The third kappa shape index (κ3) is 4.22. The second kappa shape index (κ2) is 6.10. The Morgan fingerprint density at radius 2 is 2.06 bits per heavy atom. The zero-order chi connectivity index (χ0) is 13.8. The summed E-state index contributed by atoms with van der Waals surface area (Å²) in [5.74, 6) is 0.387. The summed E-state index contributed by atoms with van der Waals surface area (Å²) in [5, 5.41) is 3.44. The lowest BCUT2D eigenvalue weighted by atomic mass is 10.0. The first-order valence-corrected chi connectivity index (χ1v) is 6.46. The van der Waals surface area contributed by atoms with Gasteiger partial charge < -0.3 is 10.1 Å². The molecule has 0 saturated carbocycles. The van der Waals surface area contributed by atoms with Crippen molar-refractivity contribution in [3.63, 3.8) is 0 Å². The largest absolute Gasteiger partial charge is 0.479 e. The van der Waals surface area contributed by atoms with Crippen LogP contribution in [0.2, 0.25) is 5.02 Å². The predicted molar refractivity (Wildman–Crippen MR) is 74.1 cm³/mol. The van der Waals surface area contributed by atoms with Crippen LogP contribution in [0.4, 0.5) is 0 Å². The molecule has 0 aliphatic heterocycles. The van der Waals surface area contributed by atoms with Crippen molar-refractivity contribution in [2.45, 2.75) is 45.8 Å². The number of carbonyl (C=O) groups excluding carboxylic acids is 1. The van der Waals surface area contributed by atoms with E-state index in [1.807, 2.05) is 32.9 Å². The zero-order valence-corrected chi connectivity index (χ0v) is 12.0. The molecule has 1 rings (SSSR count). The Bertz CT molecular complexity index is 418. The van der Waals surface area contributed by atoms with E-state index in [-0.39, 0.29) is 11.4 Å². The van der Waals surface area contributed by atoms with Gasteiger partial charge in [-0.25, -0.2) is 0 Å². The molecule has 0 bridgehead atoms. The number of rotatable bonds is 5. The van der Waals surface area contributed by atoms with Crippen LogP contribution in [-0.2, 0) is 4.79 Å². The number of amides is 1. The average molecular weight is 270 g/mol. The molecule has 0 heterocycles. The number of hydrogen-bond donors (Lipinski definition) is 1. The van der Waals surface area contributed by atoms with Crippen molar-refractivity contribution >= 4 is 17.5 Å². The van der Waals surface area contributed by atoms with E-state index in [9.17, 15) is 4.79 Å². The third-order valence-corrected chi connectivity index (χ3v) is 3.17. The molecule has 0 radical (unpaired) electrons. The van der Waals surface area contributed by atoms with E-state index in [0.29, 0.717) is 10.8 Å². The summed E-state index contributed by atoms with van der Waals surface area (Å²) < 4.78 is 5.55. The van der Waals surface area contributed by atoms with Gasteiger partial charge in [0.05, 0.1) is 5.02 Å². The van der Waals surface area contributed by atoms with Crippen molar-refractivity contribution in [1.82, 2.24) is 5.32 Å². The molecule has 0 aliphatic carbocycles. The molecule has 0 aliphatic rings. The Balaban J connectivity index is 2.63. The third-order valence-electron chi connectivity index (χ3n) is 2.86. The molecule has 0 fully saturated rings. The van der Waals surface area contributed by atoms with Crippen LogP contribution in [0, 0.1) is 0 Å². The standard InChI is InChI=1S/C14H20ClNO2/c1-5-14(3,4)16-13(17)10(2)18-12-9-7-6-8-11(12)15/h6-10H,5H2,1-4H3,(H,16,17). The van der Waals surface area contributed by atoms with Gasteiger partial charge in [-0.3, -0.25) is 4.79 Å². The summed E-state index contributed by atoms with van der Waals surface area (Å²) in [4.78, 5) is 12.0. The van der Waals surface area contributed by atoms with Crippen LogP contribution < -0.4 is 10.1 Å². The molecule has 1 amide bonds. The highest BCUT2D eigenvalue weighted by Gasteiger charge is 2.23. The molecular formula is C14H20ClNO2. The quantitative estimate of drug-likeness (QED) is 0.890. The number of benzene rings is 1. The summed E-state index contributed by atoms with van der Waals surface area (Å²) >= 11 is 5.98. The lowest BCUT2D eigenvalue weighted by molar-refractivity contribution is -0.128. The van der Waals surface area contributed by atoms with Crippen molar-refractivity contribution in [1.29, 1.82) is 0 Å². The molecule has 0 aromatic heterocycles. The van der Waals surface area contributed by atoms with E-state index in [1.54, 1.807) is 19.1 Å². The van der Waals surface area contributed by atoms with Gasteiger partial charge in [-0.2, -0.15) is 0 Å². The topological polar surface area (TPSA) is 38.3 Å². The number of carbonyl (C=O) groups is 1. The van der Waals surface area contributed by atoms with E-state index in [2.05, 4.69) is 5.32 Å². The van der Waals surface area contributed by atoms with Crippen molar-refractivity contribution in [2.24, 2.45) is 0 Å². The van der Waals surface area contributed by atoms with Crippen molar-refractivity contribution < 1.29 is 9.53 Å². The van der Waals surface area contributed by atoms with Gasteiger partial charge in [-0.1, -0.05) is 30.7 Å². The van der Waals surface area contributed by atoms with Gasteiger partial charge in [0.2, 0.25) is 0 Å². The van der Waals surface area contributed by atoms with Crippen LogP contribution in [0.25, 0.3) is 0 Å². The SMILES string of the molecule is CCC(C)(C)NC(=O)C(C)Oc1ccccc1Cl. The van der Waals surface area contributed by atoms with Gasteiger partial charge in [-0.05, 0) is 39.3 Å². The maximum Gasteiger partial charge on any atom is 0.261 e. The smallest absolute Gasteiger partial charge is 0.261 e.